The van der Waals surface area contributed by atoms with Gasteiger partial charge in [-0.15, -0.1) is 0 Å². The van der Waals surface area contributed by atoms with E-state index in [4.69, 9.17) is 4.74 Å². The van der Waals surface area contributed by atoms with E-state index in [1.807, 2.05) is 0 Å². The highest BCUT2D eigenvalue weighted by Crippen LogP contribution is 2.37. The second-order valence-electron chi connectivity index (χ2n) is 7.14. The van der Waals surface area contributed by atoms with E-state index in [0.29, 0.717) is 12.8 Å². The largest absolute Gasteiger partial charge is 0.435 e. The molecular formula is C16H20F3N5O5. The first-order chi connectivity index (χ1) is 13.7. The summed E-state index contributed by atoms with van der Waals surface area (Å²) < 4.78 is 47.3. The molecule has 4 heterocycles. The van der Waals surface area contributed by atoms with Gasteiger partial charge in [-0.2, -0.15) is 18.2 Å². The molecule has 4 atom stereocenters. The average molecular weight is 419 g/mol. The summed E-state index contributed by atoms with van der Waals surface area (Å²) in [5, 5.41) is 39.1. The van der Waals surface area contributed by atoms with Gasteiger partial charge in [-0.1, -0.05) is 0 Å². The van der Waals surface area contributed by atoms with E-state index in [1.54, 1.807) is 0 Å². The van der Waals surface area contributed by atoms with Crippen LogP contribution in [-0.2, 0) is 10.9 Å². The van der Waals surface area contributed by atoms with Crippen LogP contribution in [0.2, 0.25) is 0 Å². The molecule has 2 aromatic rings. The van der Waals surface area contributed by atoms with Gasteiger partial charge in [0.1, 0.15) is 23.8 Å². The molecule has 2 aliphatic rings. The quantitative estimate of drug-likeness (QED) is 0.515. The van der Waals surface area contributed by atoms with Gasteiger partial charge in [-0.25, -0.2) is 9.97 Å². The standard InChI is InChI=1S/C16H20F3N5O5/c17-16(18,19)12-9-13(22-15(21-12)23-3-1-7(26)2-4-23)24(6-20-9)14-11(28)10(27)8(5-25)29-14/h6-8,10-11,14,25-28H,1-5H2/t8-,10-,11-,14-/m1/s1. The fourth-order valence-corrected chi connectivity index (χ4v) is 3.61. The lowest BCUT2D eigenvalue weighted by Gasteiger charge is -2.30. The number of fused-ring (bicyclic) bond motifs is 1. The molecule has 0 amide bonds. The number of halogens is 3. The maximum atomic E-state index is 13.6. The van der Waals surface area contributed by atoms with Crippen molar-refractivity contribution >= 4 is 17.1 Å². The van der Waals surface area contributed by atoms with Gasteiger partial charge >= 0.3 is 6.18 Å². The third-order valence-corrected chi connectivity index (χ3v) is 5.22. The Bertz CT molecular complexity index is 886. The van der Waals surface area contributed by atoms with Gasteiger partial charge in [0, 0.05) is 13.1 Å². The molecule has 0 bridgehead atoms. The zero-order chi connectivity index (χ0) is 20.9. The molecule has 2 saturated heterocycles. The van der Waals surface area contributed by atoms with E-state index in [0.717, 1.165) is 10.9 Å². The van der Waals surface area contributed by atoms with Gasteiger partial charge in [-0.3, -0.25) is 4.57 Å². The van der Waals surface area contributed by atoms with Crippen LogP contribution in [0.25, 0.3) is 11.2 Å². The lowest BCUT2D eigenvalue weighted by molar-refractivity contribution is -0.139. The Hall–Kier alpha value is -2.06. The summed E-state index contributed by atoms with van der Waals surface area (Å²) >= 11 is 0. The minimum Gasteiger partial charge on any atom is -0.394 e. The van der Waals surface area contributed by atoms with Crippen LogP contribution in [0, 0.1) is 0 Å². The number of alkyl halides is 3. The molecule has 29 heavy (non-hydrogen) atoms. The van der Waals surface area contributed by atoms with E-state index < -0.39 is 54.6 Å². The Morgan fingerprint density at radius 3 is 2.38 bits per heavy atom. The third kappa shape index (κ3) is 3.53. The van der Waals surface area contributed by atoms with Crippen LogP contribution in [0.15, 0.2) is 6.33 Å². The zero-order valence-electron chi connectivity index (χ0n) is 15.1. The van der Waals surface area contributed by atoms with Crippen LogP contribution in [0.1, 0.15) is 24.8 Å². The summed E-state index contributed by atoms with van der Waals surface area (Å²) in [4.78, 5) is 13.2. The molecule has 2 aromatic heterocycles. The smallest absolute Gasteiger partial charge is 0.394 e. The Morgan fingerprint density at radius 1 is 1.10 bits per heavy atom. The number of hydrogen-bond acceptors (Lipinski definition) is 9. The monoisotopic (exact) mass is 419 g/mol. The molecule has 0 spiro atoms. The number of anilines is 1. The molecule has 13 heteroatoms. The molecule has 2 fully saturated rings. The molecule has 0 unspecified atom stereocenters. The molecule has 4 N–H and O–H groups in total. The van der Waals surface area contributed by atoms with Crippen molar-refractivity contribution in [3.8, 4) is 0 Å². The number of ether oxygens (including phenoxy) is 1. The van der Waals surface area contributed by atoms with Crippen LogP contribution in [0.5, 0.6) is 0 Å². The molecule has 160 valence electrons. The summed E-state index contributed by atoms with van der Waals surface area (Å²) in [6.07, 6.45) is -8.85. The highest BCUT2D eigenvalue weighted by atomic mass is 19.4. The Kier molecular flexibility index (Phi) is 5.11. The number of hydrogen-bond donors (Lipinski definition) is 4. The number of imidazole rings is 1. The van der Waals surface area contributed by atoms with Crippen molar-refractivity contribution in [3.05, 3.63) is 12.0 Å². The van der Waals surface area contributed by atoms with E-state index in [2.05, 4.69) is 15.0 Å². The van der Waals surface area contributed by atoms with E-state index in [-0.39, 0.29) is 24.7 Å². The second-order valence-corrected chi connectivity index (χ2v) is 7.14. The average Bonchev–Trinajstić information content (AvgIpc) is 3.22. The number of nitrogens with zero attached hydrogens (tertiary/aromatic N) is 5. The van der Waals surface area contributed by atoms with Crippen molar-refractivity contribution in [2.75, 3.05) is 24.6 Å². The van der Waals surface area contributed by atoms with E-state index in [9.17, 15) is 33.6 Å². The van der Waals surface area contributed by atoms with Crippen LogP contribution in [0.4, 0.5) is 19.1 Å². The van der Waals surface area contributed by atoms with Crippen LogP contribution < -0.4 is 4.90 Å². The SMILES string of the molecule is OC[C@H]1O[C@@H](n2cnc3c(C(F)(F)F)nc(N4CCC(O)CC4)nc32)[C@H](O)[C@@H]1O. The van der Waals surface area contributed by atoms with Gasteiger partial charge in [0.15, 0.2) is 17.6 Å². The predicted molar refractivity (Wildman–Crippen MR) is 90.8 cm³/mol. The topological polar surface area (TPSA) is 137 Å². The van der Waals surface area contributed by atoms with Gasteiger partial charge in [0.05, 0.1) is 19.0 Å². The maximum absolute atomic E-state index is 13.6. The van der Waals surface area contributed by atoms with Gasteiger partial charge < -0.3 is 30.1 Å². The number of rotatable bonds is 3. The Morgan fingerprint density at radius 2 is 1.79 bits per heavy atom. The molecule has 0 saturated carbocycles. The van der Waals surface area contributed by atoms with Crippen LogP contribution >= 0.6 is 0 Å². The third-order valence-electron chi connectivity index (χ3n) is 5.22. The highest BCUT2D eigenvalue weighted by molar-refractivity contribution is 5.76. The van der Waals surface area contributed by atoms with Crippen molar-refractivity contribution in [1.29, 1.82) is 0 Å². The highest BCUT2D eigenvalue weighted by Gasteiger charge is 2.45. The fourth-order valence-electron chi connectivity index (χ4n) is 3.61. The molecule has 0 aliphatic carbocycles. The second kappa shape index (κ2) is 7.32. The first kappa shape index (κ1) is 20.2. The van der Waals surface area contributed by atoms with Gasteiger partial charge in [-0.05, 0) is 12.8 Å². The minimum absolute atomic E-state index is 0.176. The van der Waals surface area contributed by atoms with Crippen LogP contribution in [-0.4, -0.2) is 84.1 Å². The lowest BCUT2D eigenvalue weighted by Crippen LogP contribution is -2.37. The predicted octanol–water partition coefficient (Wildman–Crippen LogP) is -0.582. The van der Waals surface area contributed by atoms with Crippen molar-refractivity contribution in [2.45, 2.75) is 49.7 Å². The molecular weight excluding hydrogens is 399 g/mol. The summed E-state index contributed by atoms with van der Waals surface area (Å²) in [6.45, 7) is -0.0105. The zero-order valence-corrected chi connectivity index (χ0v) is 15.1. The number of aliphatic hydroxyl groups is 4. The fraction of sp³-hybridized carbons (Fsp3) is 0.688. The molecule has 0 radical (unpaired) electrons. The number of aliphatic hydroxyl groups excluding tert-OH is 4. The van der Waals surface area contributed by atoms with E-state index >= 15 is 0 Å². The first-order valence-electron chi connectivity index (χ1n) is 9.08. The number of aromatic nitrogens is 4. The van der Waals surface area contributed by atoms with Gasteiger partial charge in [0.2, 0.25) is 5.95 Å². The first-order valence-corrected chi connectivity index (χ1v) is 9.08. The molecule has 0 aromatic carbocycles. The van der Waals surface area contributed by atoms with Crippen molar-refractivity contribution in [1.82, 2.24) is 19.5 Å². The summed E-state index contributed by atoms with van der Waals surface area (Å²) in [5.41, 5.74) is -1.96. The summed E-state index contributed by atoms with van der Waals surface area (Å²) in [7, 11) is 0. The van der Waals surface area contributed by atoms with Crippen molar-refractivity contribution in [3.63, 3.8) is 0 Å². The maximum Gasteiger partial charge on any atom is 0.435 e. The minimum atomic E-state index is -4.80. The van der Waals surface area contributed by atoms with Gasteiger partial charge in [0.25, 0.3) is 0 Å². The van der Waals surface area contributed by atoms with E-state index in [1.165, 1.54) is 4.90 Å². The molecule has 4 rings (SSSR count). The van der Waals surface area contributed by atoms with Crippen molar-refractivity contribution < 1.29 is 38.3 Å². The summed E-state index contributed by atoms with van der Waals surface area (Å²) in [5.74, 6) is -0.176. The normalized spacial score (nSPS) is 29.1. The number of piperidine rings is 1. The lowest BCUT2D eigenvalue weighted by atomic mass is 10.1. The molecule has 10 nitrogen and oxygen atoms in total. The Balaban J connectivity index is 1.80. The summed E-state index contributed by atoms with van der Waals surface area (Å²) in [6, 6.07) is 0. The van der Waals surface area contributed by atoms with Crippen LogP contribution in [0.3, 0.4) is 0 Å². The molecule has 2 aliphatic heterocycles. The Labute approximate surface area is 162 Å². The van der Waals surface area contributed by atoms with Crippen molar-refractivity contribution in [2.24, 2.45) is 0 Å².